The molecule has 0 atom stereocenters. The molecule has 0 unspecified atom stereocenters. The summed E-state index contributed by atoms with van der Waals surface area (Å²) in [5.41, 5.74) is 0. The van der Waals surface area contributed by atoms with Gasteiger partial charge < -0.3 is 0 Å². The summed E-state index contributed by atoms with van der Waals surface area (Å²) >= 11 is 1.92. The van der Waals surface area contributed by atoms with Crippen LogP contribution in [0.3, 0.4) is 0 Å². The molecule has 0 aromatic rings. The van der Waals surface area contributed by atoms with E-state index in [1.165, 1.54) is 0 Å². The molecule has 0 N–H and O–H groups in total. The molecule has 0 aromatic heterocycles. The van der Waals surface area contributed by atoms with Crippen LogP contribution >= 0.6 is 11.8 Å². The Morgan fingerprint density at radius 2 is 2.09 bits per heavy atom. The summed E-state index contributed by atoms with van der Waals surface area (Å²) < 4.78 is 0. The number of nitrogens with zero attached hydrogens (tertiary/aromatic N) is 2. The van der Waals surface area contributed by atoms with Gasteiger partial charge in [0.15, 0.2) is 0 Å². The molecule has 0 radical (unpaired) electrons. The predicted octanol–water partition coefficient (Wildman–Crippen LogP) is 0.312. The summed E-state index contributed by atoms with van der Waals surface area (Å²) in [6, 6.07) is 0. The smallest absolute Gasteiger partial charge is 0.216 e. The molecule has 1 saturated heterocycles. The van der Waals surface area contributed by atoms with Gasteiger partial charge in [0.1, 0.15) is 0 Å². The molecular weight excluding hydrogens is 164 g/mol. The first-order valence-corrected chi connectivity index (χ1v) is 4.86. The summed E-state index contributed by atoms with van der Waals surface area (Å²) in [6.45, 7) is 2.73. The summed E-state index contributed by atoms with van der Waals surface area (Å²) in [7, 11) is 0. The van der Waals surface area contributed by atoms with Crippen LogP contribution in [0.4, 0.5) is 0 Å². The Labute approximate surface area is 70.1 Å². The number of nitro groups is 1. The van der Waals surface area contributed by atoms with Gasteiger partial charge in [-0.15, -0.1) is 0 Å². The molecule has 1 aliphatic heterocycles. The van der Waals surface area contributed by atoms with E-state index >= 15 is 0 Å². The second-order valence-corrected chi connectivity index (χ2v) is 3.74. The molecule has 0 spiro atoms. The molecule has 0 amide bonds. The maximum absolute atomic E-state index is 10.0. The van der Waals surface area contributed by atoms with E-state index in [9.17, 15) is 10.1 Å². The maximum atomic E-state index is 10.0. The molecule has 64 valence electrons. The van der Waals surface area contributed by atoms with E-state index in [1.807, 2.05) is 11.8 Å². The average molecular weight is 176 g/mol. The number of hydrogen-bond donors (Lipinski definition) is 0. The third kappa shape index (κ3) is 3.57. The quantitative estimate of drug-likeness (QED) is 0.458. The average Bonchev–Trinajstić information content (AvgIpc) is 2.03. The molecule has 1 fully saturated rings. The molecule has 1 rings (SSSR count). The minimum Gasteiger partial charge on any atom is -0.295 e. The van der Waals surface area contributed by atoms with Crippen molar-refractivity contribution in [2.24, 2.45) is 0 Å². The first-order chi connectivity index (χ1) is 5.29. The van der Waals surface area contributed by atoms with Crippen LogP contribution in [-0.2, 0) is 0 Å². The van der Waals surface area contributed by atoms with Gasteiger partial charge in [0, 0.05) is 29.5 Å². The van der Waals surface area contributed by atoms with Crippen LogP contribution in [-0.4, -0.2) is 47.5 Å². The van der Waals surface area contributed by atoms with Gasteiger partial charge in [0.2, 0.25) is 6.54 Å². The van der Waals surface area contributed by atoms with Gasteiger partial charge in [-0.1, -0.05) is 0 Å². The summed E-state index contributed by atoms with van der Waals surface area (Å²) in [6.07, 6.45) is 0. The third-order valence-corrected chi connectivity index (χ3v) is 2.65. The monoisotopic (exact) mass is 176 g/mol. The van der Waals surface area contributed by atoms with E-state index in [0.717, 1.165) is 24.6 Å². The fourth-order valence-electron chi connectivity index (χ4n) is 1.05. The van der Waals surface area contributed by atoms with E-state index in [-0.39, 0.29) is 11.5 Å². The third-order valence-electron chi connectivity index (χ3n) is 1.70. The molecule has 0 saturated carbocycles. The molecule has 0 aromatic carbocycles. The minimum absolute atomic E-state index is 0.0880. The Morgan fingerprint density at radius 1 is 1.45 bits per heavy atom. The lowest BCUT2D eigenvalue weighted by Crippen LogP contribution is -2.36. The fourth-order valence-corrected chi connectivity index (χ4v) is 2.03. The van der Waals surface area contributed by atoms with Crippen molar-refractivity contribution in [3.8, 4) is 0 Å². The molecule has 5 heteroatoms. The van der Waals surface area contributed by atoms with Crippen molar-refractivity contribution in [3.63, 3.8) is 0 Å². The van der Waals surface area contributed by atoms with Crippen molar-refractivity contribution in [1.82, 2.24) is 4.90 Å². The van der Waals surface area contributed by atoms with Gasteiger partial charge in [-0.3, -0.25) is 15.0 Å². The van der Waals surface area contributed by atoms with Crippen molar-refractivity contribution in [2.45, 2.75) is 0 Å². The summed E-state index contributed by atoms with van der Waals surface area (Å²) in [5, 5.41) is 10.0. The summed E-state index contributed by atoms with van der Waals surface area (Å²) in [5.74, 6) is 2.25. The topological polar surface area (TPSA) is 46.4 Å². The zero-order valence-electron chi connectivity index (χ0n) is 6.36. The minimum atomic E-state index is -0.248. The van der Waals surface area contributed by atoms with E-state index in [0.29, 0.717) is 6.54 Å². The normalized spacial score (nSPS) is 20.0. The fraction of sp³-hybridized carbons (Fsp3) is 1.00. The van der Waals surface area contributed by atoms with E-state index in [1.54, 1.807) is 0 Å². The van der Waals surface area contributed by atoms with Crippen LogP contribution in [0.5, 0.6) is 0 Å². The van der Waals surface area contributed by atoms with Crippen LogP contribution < -0.4 is 0 Å². The molecule has 1 aliphatic rings. The summed E-state index contributed by atoms with van der Waals surface area (Å²) in [4.78, 5) is 11.9. The zero-order chi connectivity index (χ0) is 8.10. The van der Waals surface area contributed by atoms with Gasteiger partial charge in [-0.05, 0) is 0 Å². The predicted molar refractivity (Wildman–Crippen MR) is 45.6 cm³/mol. The lowest BCUT2D eigenvalue weighted by molar-refractivity contribution is -0.480. The van der Waals surface area contributed by atoms with E-state index in [2.05, 4.69) is 4.90 Å². The Morgan fingerprint density at radius 3 is 2.64 bits per heavy atom. The zero-order valence-corrected chi connectivity index (χ0v) is 7.18. The first-order valence-electron chi connectivity index (χ1n) is 3.71. The van der Waals surface area contributed by atoms with Crippen molar-refractivity contribution >= 4 is 11.8 Å². The maximum Gasteiger partial charge on any atom is 0.216 e. The highest BCUT2D eigenvalue weighted by molar-refractivity contribution is 7.99. The standard InChI is InChI=1S/C6H12N2O2S/c9-8(10)2-1-7-3-5-11-6-4-7/h1-6H2. The highest BCUT2D eigenvalue weighted by Gasteiger charge is 2.11. The van der Waals surface area contributed by atoms with Gasteiger partial charge >= 0.3 is 0 Å². The highest BCUT2D eigenvalue weighted by Crippen LogP contribution is 2.07. The molecule has 0 aliphatic carbocycles. The molecule has 4 nitrogen and oxygen atoms in total. The van der Waals surface area contributed by atoms with Crippen molar-refractivity contribution < 1.29 is 4.92 Å². The lowest BCUT2D eigenvalue weighted by Gasteiger charge is -2.24. The van der Waals surface area contributed by atoms with Crippen molar-refractivity contribution in [2.75, 3.05) is 37.7 Å². The molecule has 11 heavy (non-hydrogen) atoms. The Hall–Kier alpha value is -0.290. The molecular formula is C6H12N2O2S. The number of hydrogen-bond acceptors (Lipinski definition) is 4. The largest absolute Gasteiger partial charge is 0.295 e. The van der Waals surface area contributed by atoms with Gasteiger partial charge in [-0.25, -0.2) is 0 Å². The Bertz CT molecular complexity index is 137. The second-order valence-electron chi connectivity index (χ2n) is 2.51. The number of rotatable bonds is 3. The molecule has 0 bridgehead atoms. The van der Waals surface area contributed by atoms with E-state index in [4.69, 9.17) is 0 Å². The second kappa shape index (κ2) is 4.56. The number of thioether (sulfide) groups is 1. The van der Waals surface area contributed by atoms with Crippen LogP contribution in [0.1, 0.15) is 0 Å². The van der Waals surface area contributed by atoms with Crippen LogP contribution in [0.15, 0.2) is 0 Å². The van der Waals surface area contributed by atoms with Gasteiger partial charge in [0.25, 0.3) is 0 Å². The van der Waals surface area contributed by atoms with Crippen molar-refractivity contribution in [3.05, 3.63) is 10.1 Å². The van der Waals surface area contributed by atoms with Crippen molar-refractivity contribution in [1.29, 1.82) is 0 Å². The Kier molecular flexibility index (Phi) is 3.65. The van der Waals surface area contributed by atoms with E-state index < -0.39 is 0 Å². The van der Waals surface area contributed by atoms with Crippen LogP contribution in [0.2, 0.25) is 0 Å². The molecule has 1 heterocycles. The first kappa shape index (κ1) is 8.80. The van der Waals surface area contributed by atoms with Crippen LogP contribution in [0, 0.1) is 10.1 Å². The Balaban J connectivity index is 2.09. The van der Waals surface area contributed by atoms with Gasteiger partial charge in [0.05, 0.1) is 6.54 Å². The SMILES string of the molecule is O=[N+]([O-])CCN1CCSCC1. The highest BCUT2D eigenvalue weighted by atomic mass is 32.2. The van der Waals surface area contributed by atoms with Gasteiger partial charge in [-0.2, -0.15) is 11.8 Å². The van der Waals surface area contributed by atoms with Crippen LogP contribution in [0.25, 0.3) is 0 Å². The lowest BCUT2D eigenvalue weighted by atomic mass is 10.4.